The minimum atomic E-state index is -3.46. The molecule has 1 aromatic rings. The standard InChI is InChI=1S/C15H25N3O3S/c1-5-18(6-2)12-11-16-15(19)13-7-9-14(10-8-13)22(20,21)17(3)4/h7-10H,5-6,11-12H2,1-4H3,(H,16,19). The fraction of sp³-hybridized carbons (Fsp3) is 0.533. The third kappa shape index (κ3) is 4.79. The van der Waals surface area contributed by atoms with Crippen LogP contribution in [0.5, 0.6) is 0 Å². The maximum atomic E-state index is 12.0. The molecule has 0 radical (unpaired) electrons. The van der Waals surface area contributed by atoms with Gasteiger partial charge >= 0.3 is 0 Å². The molecule has 1 amide bonds. The summed E-state index contributed by atoms with van der Waals surface area (Å²) in [6.45, 7) is 7.42. The highest BCUT2D eigenvalue weighted by atomic mass is 32.2. The summed E-state index contributed by atoms with van der Waals surface area (Å²) in [6, 6.07) is 5.97. The zero-order chi connectivity index (χ0) is 16.8. The van der Waals surface area contributed by atoms with E-state index < -0.39 is 10.0 Å². The summed E-state index contributed by atoms with van der Waals surface area (Å²) in [5, 5.41) is 2.84. The summed E-state index contributed by atoms with van der Waals surface area (Å²) >= 11 is 0. The Kier molecular flexibility index (Phi) is 6.99. The van der Waals surface area contributed by atoms with Gasteiger partial charge in [0.1, 0.15) is 0 Å². The lowest BCUT2D eigenvalue weighted by molar-refractivity contribution is 0.0949. The van der Waals surface area contributed by atoms with Crippen molar-refractivity contribution in [1.82, 2.24) is 14.5 Å². The molecular weight excluding hydrogens is 302 g/mol. The van der Waals surface area contributed by atoms with Gasteiger partial charge in [0.2, 0.25) is 10.0 Å². The van der Waals surface area contributed by atoms with Gasteiger partial charge in [0.15, 0.2) is 0 Å². The molecule has 6 nitrogen and oxygen atoms in total. The Morgan fingerprint density at radius 3 is 2.09 bits per heavy atom. The lowest BCUT2D eigenvalue weighted by atomic mass is 10.2. The molecule has 0 unspecified atom stereocenters. The van der Waals surface area contributed by atoms with E-state index in [1.165, 1.54) is 38.4 Å². The van der Waals surface area contributed by atoms with E-state index in [1.807, 2.05) is 0 Å². The van der Waals surface area contributed by atoms with E-state index in [-0.39, 0.29) is 10.8 Å². The maximum Gasteiger partial charge on any atom is 0.251 e. The normalized spacial score (nSPS) is 11.9. The van der Waals surface area contributed by atoms with Gasteiger partial charge in [0.05, 0.1) is 4.90 Å². The topological polar surface area (TPSA) is 69.7 Å². The fourth-order valence-corrected chi connectivity index (χ4v) is 2.86. The Labute approximate surface area is 133 Å². The molecule has 0 atom stereocenters. The van der Waals surface area contributed by atoms with Crippen molar-refractivity contribution >= 4 is 15.9 Å². The largest absolute Gasteiger partial charge is 0.351 e. The number of amides is 1. The molecule has 0 spiro atoms. The molecule has 0 bridgehead atoms. The first kappa shape index (κ1) is 18.6. The molecule has 0 aliphatic rings. The molecule has 124 valence electrons. The molecular formula is C15H25N3O3S. The first-order chi connectivity index (χ1) is 10.3. The van der Waals surface area contributed by atoms with E-state index in [9.17, 15) is 13.2 Å². The Morgan fingerprint density at radius 2 is 1.64 bits per heavy atom. The van der Waals surface area contributed by atoms with E-state index >= 15 is 0 Å². The third-order valence-corrected chi connectivity index (χ3v) is 5.33. The quantitative estimate of drug-likeness (QED) is 0.774. The molecule has 1 aromatic carbocycles. The Bertz CT molecular complexity index is 579. The molecule has 0 saturated heterocycles. The zero-order valence-electron chi connectivity index (χ0n) is 13.7. The van der Waals surface area contributed by atoms with Crippen LogP contribution in [0, 0.1) is 0 Å². The predicted octanol–water partition coefficient (Wildman–Crippen LogP) is 1.01. The van der Waals surface area contributed by atoms with E-state index in [0.29, 0.717) is 12.1 Å². The summed E-state index contributed by atoms with van der Waals surface area (Å²) in [4.78, 5) is 14.4. The molecule has 1 N–H and O–H groups in total. The van der Waals surface area contributed by atoms with Crippen molar-refractivity contribution in [3.8, 4) is 0 Å². The van der Waals surface area contributed by atoms with Gasteiger partial charge in [-0.2, -0.15) is 0 Å². The molecule has 0 heterocycles. The van der Waals surface area contributed by atoms with E-state index in [1.54, 1.807) is 0 Å². The lowest BCUT2D eigenvalue weighted by Crippen LogP contribution is -2.34. The second-order valence-electron chi connectivity index (χ2n) is 5.09. The first-order valence-electron chi connectivity index (χ1n) is 7.36. The molecule has 0 aromatic heterocycles. The summed E-state index contributed by atoms with van der Waals surface area (Å²) < 4.78 is 25.0. The van der Waals surface area contributed by atoms with Crippen LogP contribution in [0.4, 0.5) is 0 Å². The molecule has 0 saturated carbocycles. The number of likely N-dealkylation sites (N-methyl/N-ethyl adjacent to an activating group) is 1. The van der Waals surface area contributed by atoms with Crippen LogP contribution in [-0.2, 0) is 10.0 Å². The number of carbonyl (C=O) groups excluding carboxylic acids is 1. The highest BCUT2D eigenvalue weighted by molar-refractivity contribution is 7.89. The van der Waals surface area contributed by atoms with Crippen molar-refractivity contribution < 1.29 is 13.2 Å². The lowest BCUT2D eigenvalue weighted by Gasteiger charge is -2.18. The van der Waals surface area contributed by atoms with Gasteiger partial charge in [-0.1, -0.05) is 13.8 Å². The van der Waals surface area contributed by atoms with Gasteiger partial charge in [-0.25, -0.2) is 12.7 Å². The Hall–Kier alpha value is -1.44. The predicted molar refractivity (Wildman–Crippen MR) is 87.4 cm³/mol. The van der Waals surface area contributed by atoms with Crippen molar-refractivity contribution in [2.75, 3.05) is 40.3 Å². The smallest absolute Gasteiger partial charge is 0.251 e. The van der Waals surface area contributed by atoms with Crippen molar-refractivity contribution in [2.45, 2.75) is 18.7 Å². The molecule has 7 heteroatoms. The molecule has 0 aliphatic heterocycles. The van der Waals surface area contributed by atoms with Gasteiger partial charge in [-0.3, -0.25) is 4.79 Å². The second kappa shape index (κ2) is 8.26. The number of hydrogen-bond acceptors (Lipinski definition) is 4. The molecule has 1 rings (SSSR count). The molecule has 22 heavy (non-hydrogen) atoms. The zero-order valence-corrected chi connectivity index (χ0v) is 14.5. The van der Waals surface area contributed by atoms with Crippen molar-refractivity contribution in [2.24, 2.45) is 0 Å². The van der Waals surface area contributed by atoms with Crippen molar-refractivity contribution in [3.05, 3.63) is 29.8 Å². The number of nitrogens with one attached hydrogen (secondary N) is 1. The monoisotopic (exact) mass is 327 g/mol. The minimum Gasteiger partial charge on any atom is -0.351 e. The minimum absolute atomic E-state index is 0.178. The Morgan fingerprint density at radius 1 is 1.09 bits per heavy atom. The fourth-order valence-electron chi connectivity index (χ4n) is 1.96. The highest BCUT2D eigenvalue weighted by Crippen LogP contribution is 2.13. The van der Waals surface area contributed by atoms with Crippen LogP contribution in [0.2, 0.25) is 0 Å². The number of nitrogens with zero attached hydrogens (tertiary/aromatic N) is 2. The van der Waals surface area contributed by atoms with Gasteiger partial charge in [0, 0.05) is 32.7 Å². The Balaban J connectivity index is 2.65. The number of sulfonamides is 1. The van der Waals surface area contributed by atoms with Crippen LogP contribution in [0.25, 0.3) is 0 Å². The number of carbonyl (C=O) groups is 1. The number of hydrogen-bond donors (Lipinski definition) is 1. The van der Waals surface area contributed by atoms with Crippen molar-refractivity contribution in [1.29, 1.82) is 0 Å². The van der Waals surface area contributed by atoms with Gasteiger partial charge in [-0.15, -0.1) is 0 Å². The van der Waals surface area contributed by atoms with E-state index in [0.717, 1.165) is 23.9 Å². The summed E-state index contributed by atoms with van der Waals surface area (Å²) in [5.74, 6) is -0.194. The van der Waals surface area contributed by atoms with Crippen LogP contribution in [-0.4, -0.2) is 63.8 Å². The highest BCUT2D eigenvalue weighted by Gasteiger charge is 2.17. The van der Waals surface area contributed by atoms with Crippen LogP contribution in [0.3, 0.4) is 0 Å². The van der Waals surface area contributed by atoms with E-state index in [2.05, 4.69) is 24.1 Å². The maximum absolute atomic E-state index is 12.0. The second-order valence-corrected chi connectivity index (χ2v) is 7.25. The number of rotatable bonds is 8. The summed E-state index contributed by atoms with van der Waals surface area (Å²) in [6.07, 6.45) is 0. The van der Waals surface area contributed by atoms with Crippen LogP contribution in [0.15, 0.2) is 29.2 Å². The van der Waals surface area contributed by atoms with Crippen LogP contribution < -0.4 is 5.32 Å². The van der Waals surface area contributed by atoms with E-state index in [4.69, 9.17) is 0 Å². The average molecular weight is 327 g/mol. The average Bonchev–Trinajstić information content (AvgIpc) is 2.51. The summed E-state index contributed by atoms with van der Waals surface area (Å²) in [7, 11) is -0.509. The third-order valence-electron chi connectivity index (χ3n) is 3.50. The SMILES string of the molecule is CCN(CC)CCNC(=O)c1ccc(S(=O)(=O)N(C)C)cc1. The first-order valence-corrected chi connectivity index (χ1v) is 8.80. The van der Waals surface area contributed by atoms with Crippen LogP contribution >= 0.6 is 0 Å². The van der Waals surface area contributed by atoms with Crippen molar-refractivity contribution in [3.63, 3.8) is 0 Å². The summed E-state index contributed by atoms with van der Waals surface area (Å²) in [5.41, 5.74) is 0.456. The molecule has 0 fully saturated rings. The number of benzene rings is 1. The van der Waals surface area contributed by atoms with Gasteiger partial charge < -0.3 is 10.2 Å². The van der Waals surface area contributed by atoms with Gasteiger partial charge in [-0.05, 0) is 37.4 Å². The van der Waals surface area contributed by atoms with Gasteiger partial charge in [0.25, 0.3) is 5.91 Å². The van der Waals surface area contributed by atoms with Crippen LogP contribution in [0.1, 0.15) is 24.2 Å². The molecule has 0 aliphatic carbocycles.